The van der Waals surface area contributed by atoms with E-state index in [1.807, 2.05) is 24.4 Å². The van der Waals surface area contributed by atoms with E-state index in [0.29, 0.717) is 13.0 Å². The second kappa shape index (κ2) is 8.35. The van der Waals surface area contributed by atoms with Crippen LogP contribution >= 0.6 is 0 Å². The van der Waals surface area contributed by atoms with E-state index < -0.39 is 5.97 Å². The predicted molar refractivity (Wildman–Crippen MR) is 128 cm³/mol. The number of aromatic nitrogens is 2. The van der Waals surface area contributed by atoms with Crippen LogP contribution in [0.15, 0.2) is 60.9 Å². The predicted octanol–water partition coefficient (Wildman–Crippen LogP) is 4.98. The van der Waals surface area contributed by atoms with E-state index in [4.69, 9.17) is 5.11 Å². The minimum Gasteiger partial charge on any atom is -0.477 e. The molecule has 3 heterocycles. The van der Waals surface area contributed by atoms with Gasteiger partial charge in [-0.1, -0.05) is 37.3 Å². The fraction of sp³-hybridized carbons (Fsp3) is 0.154. The van der Waals surface area contributed by atoms with Crippen LogP contribution in [0.3, 0.4) is 0 Å². The van der Waals surface area contributed by atoms with Crippen molar-refractivity contribution in [3.8, 4) is 22.4 Å². The molecule has 164 valence electrons. The van der Waals surface area contributed by atoms with E-state index in [9.17, 15) is 9.59 Å². The van der Waals surface area contributed by atoms with Crippen molar-refractivity contribution in [2.45, 2.75) is 19.8 Å². The van der Waals surface area contributed by atoms with E-state index in [1.54, 1.807) is 6.07 Å². The van der Waals surface area contributed by atoms with E-state index >= 15 is 0 Å². The van der Waals surface area contributed by atoms with Gasteiger partial charge in [-0.25, -0.2) is 9.78 Å². The maximum Gasteiger partial charge on any atom is 0.354 e. The lowest BCUT2D eigenvalue weighted by atomic mass is 9.94. The van der Waals surface area contributed by atoms with Gasteiger partial charge in [0.15, 0.2) is 0 Å². The van der Waals surface area contributed by atoms with Crippen LogP contribution in [0.2, 0.25) is 0 Å². The zero-order valence-corrected chi connectivity index (χ0v) is 18.1. The summed E-state index contributed by atoms with van der Waals surface area (Å²) in [4.78, 5) is 31.9. The monoisotopic (exact) mass is 438 g/mol. The molecule has 0 saturated heterocycles. The third kappa shape index (κ3) is 3.78. The van der Waals surface area contributed by atoms with Crippen LogP contribution in [0.1, 0.15) is 29.4 Å². The maximum atomic E-state index is 12.2. The Labute approximate surface area is 190 Å². The van der Waals surface area contributed by atoms with Gasteiger partial charge in [-0.15, -0.1) is 0 Å². The zero-order chi connectivity index (χ0) is 22.9. The van der Waals surface area contributed by atoms with Crippen molar-refractivity contribution in [2.24, 2.45) is 0 Å². The Morgan fingerprint density at radius 1 is 1.03 bits per heavy atom. The largest absolute Gasteiger partial charge is 0.477 e. The number of hydrogen-bond acceptors (Lipinski definition) is 5. The van der Waals surface area contributed by atoms with Gasteiger partial charge < -0.3 is 15.7 Å². The third-order valence-electron chi connectivity index (χ3n) is 5.92. The number of carbonyl (C=O) groups excluding carboxylic acids is 1. The number of benzene rings is 2. The molecular weight excluding hydrogens is 416 g/mol. The Kier molecular flexibility index (Phi) is 5.22. The average Bonchev–Trinajstić information content (AvgIpc) is 3.04. The van der Waals surface area contributed by atoms with E-state index in [0.717, 1.165) is 56.5 Å². The molecule has 0 spiro atoms. The van der Waals surface area contributed by atoms with Crippen molar-refractivity contribution in [3.05, 3.63) is 72.2 Å². The zero-order valence-electron chi connectivity index (χ0n) is 18.1. The fourth-order valence-electron chi connectivity index (χ4n) is 4.23. The molecule has 1 aliphatic rings. The summed E-state index contributed by atoms with van der Waals surface area (Å²) in [6.45, 7) is 2.65. The van der Waals surface area contributed by atoms with Gasteiger partial charge >= 0.3 is 5.97 Å². The second-order valence-corrected chi connectivity index (χ2v) is 7.93. The summed E-state index contributed by atoms with van der Waals surface area (Å²) in [5.74, 6) is -1.05. The second-order valence-electron chi connectivity index (χ2n) is 7.93. The number of rotatable bonds is 4. The number of aromatic carboxylic acids is 1. The summed E-state index contributed by atoms with van der Waals surface area (Å²) in [6, 6.07) is 15.4. The van der Waals surface area contributed by atoms with Crippen molar-refractivity contribution in [1.82, 2.24) is 9.97 Å². The highest BCUT2D eigenvalue weighted by atomic mass is 16.4. The smallest absolute Gasteiger partial charge is 0.354 e. The normalized spacial score (nSPS) is 13.1. The fourth-order valence-corrected chi connectivity index (χ4v) is 4.23. The van der Waals surface area contributed by atoms with Crippen molar-refractivity contribution < 1.29 is 14.7 Å². The Balaban J connectivity index is 1.62. The molecule has 0 radical (unpaired) electrons. The lowest BCUT2D eigenvalue weighted by Crippen LogP contribution is -2.11. The highest BCUT2D eigenvalue weighted by Crippen LogP contribution is 2.41. The Bertz CT molecular complexity index is 1400. The van der Waals surface area contributed by atoms with Crippen LogP contribution in [0.5, 0.6) is 0 Å². The lowest BCUT2D eigenvalue weighted by Gasteiger charge is -2.18. The van der Waals surface area contributed by atoms with Crippen LogP contribution in [-0.4, -0.2) is 33.5 Å². The van der Waals surface area contributed by atoms with Crippen LogP contribution in [0.25, 0.3) is 33.2 Å². The molecule has 1 aliphatic heterocycles. The van der Waals surface area contributed by atoms with Gasteiger partial charge in [-0.3, -0.25) is 9.78 Å². The molecule has 0 bridgehead atoms. The van der Waals surface area contributed by atoms with E-state index in [1.165, 1.54) is 12.3 Å². The summed E-state index contributed by atoms with van der Waals surface area (Å²) < 4.78 is 0. The van der Waals surface area contributed by atoms with Crippen LogP contribution in [0, 0.1) is 0 Å². The Morgan fingerprint density at radius 2 is 1.91 bits per heavy atom. The molecular formula is C26H22N4O3. The summed E-state index contributed by atoms with van der Waals surface area (Å²) >= 11 is 0. The van der Waals surface area contributed by atoms with Gasteiger partial charge in [0, 0.05) is 41.9 Å². The molecule has 5 rings (SSSR count). The number of carbonyl (C=O) groups is 2. The topological polar surface area (TPSA) is 104 Å². The minimum atomic E-state index is -1.06. The molecule has 2 aromatic carbocycles. The summed E-state index contributed by atoms with van der Waals surface area (Å²) in [6.07, 6.45) is 4.60. The molecule has 0 aliphatic carbocycles. The number of nitrogens with zero attached hydrogens (tertiary/aromatic N) is 2. The summed E-state index contributed by atoms with van der Waals surface area (Å²) in [5, 5.41) is 17.6. The van der Waals surface area contributed by atoms with Crippen LogP contribution in [-0.2, 0) is 11.2 Å². The number of anilines is 2. The number of pyridine rings is 2. The highest BCUT2D eigenvalue weighted by Gasteiger charge is 2.20. The number of carboxylic acids is 1. The van der Waals surface area contributed by atoms with Crippen LogP contribution < -0.4 is 10.6 Å². The molecule has 0 unspecified atom stereocenters. The molecule has 7 heteroatoms. The van der Waals surface area contributed by atoms with Gasteiger partial charge in [0.25, 0.3) is 0 Å². The molecule has 0 saturated carbocycles. The van der Waals surface area contributed by atoms with Crippen molar-refractivity contribution in [3.63, 3.8) is 0 Å². The third-order valence-corrected chi connectivity index (χ3v) is 5.92. The van der Waals surface area contributed by atoms with Crippen LogP contribution in [0.4, 0.5) is 11.4 Å². The molecule has 0 fully saturated rings. The SMILES string of the molecule is CCc1ccc(-c2cccc3cc(-c4ccc(C(=O)O)nc4)ncc23)c2c1NC(=O)CCN2. The molecule has 33 heavy (non-hydrogen) atoms. The number of amides is 1. The first-order valence-electron chi connectivity index (χ1n) is 10.8. The molecule has 4 aromatic rings. The first-order valence-corrected chi connectivity index (χ1v) is 10.8. The highest BCUT2D eigenvalue weighted by molar-refractivity contribution is 6.06. The van der Waals surface area contributed by atoms with Crippen molar-refractivity contribution in [2.75, 3.05) is 17.2 Å². The number of nitrogens with one attached hydrogen (secondary N) is 2. The van der Waals surface area contributed by atoms with E-state index in [-0.39, 0.29) is 11.6 Å². The van der Waals surface area contributed by atoms with Gasteiger partial charge in [0.1, 0.15) is 5.69 Å². The number of fused-ring (bicyclic) bond motifs is 2. The number of carboxylic acid groups (broad SMARTS) is 1. The Hall–Kier alpha value is -4.26. The Morgan fingerprint density at radius 3 is 2.67 bits per heavy atom. The standard InChI is InChI=1S/C26H22N4O3/c1-2-15-6-8-19(25-24(15)30-23(31)10-11-27-25)18-5-3-4-16-12-22(29-14-20(16)18)17-7-9-21(26(32)33)28-13-17/h3-9,12-14,27H,2,10-11H2,1H3,(H,30,31)(H,32,33). The summed E-state index contributed by atoms with van der Waals surface area (Å²) in [7, 11) is 0. The summed E-state index contributed by atoms with van der Waals surface area (Å²) in [5.41, 5.74) is 6.37. The maximum absolute atomic E-state index is 12.2. The van der Waals surface area contributed by atoms with Crippen molar-refractivity contribution >= 4 is 34.0 Å². The van der Waals surface area contributed by atoms with Gasteiger partial charge in [-0.2, -0.15) is 0 Å². The van der Waals surface area contributed by atoms with Gasteiger partial charge in [0.2, 0.25) is 5.91 Å². The lowest BCUT2D eigenvalue weighted by molar-refractivity contribution is -0.115. The number of hydrogen-bond donors (Lipinski definition) is 3. The molecule has 0 atom stereocenters. The van der Waals surface area contributed by atoms with Crippen molar-refractivity contribution in [1.29, 1.82) is 0 Å². The molecule has 3 N–H and O–H groups in total. The van der Waals surface area contributed by atoms with Gasteiger partial charge in [-0.05, 0) is 41.1 Å². The first kappa shape index (κ1) is 20.6. The minimum absolute atomic E-state index is 0.00219. The van der Waals surface area contributed by atoms with Gasteiger partial charge in [0.05, 0.1) is 17.1 Å². The van der Waals surface area contributed by atoms with E-state index in [2.05, 4.69) is 45.7 Å². The average molecular weight is 438 g/mol. The first-order chi connectivity index (χ1) is 16.0. The molecule has 1 amide bonds. The quantitative estimate of drug-likeness (QED) is 0.415. The number of aryl methyl sites for hydroxylation is 1. The molecule has 2 aromatic heterocycles. The molecule has 7 nitrogen and oxygen atoms in total.